The van der Waals surface area contributed by atoms with Crippen molar-refractivity contribution in [2.75, 3.05) is 0 Å². The molecule has 4 heteroatoms. The minimum Gasteiger partial charge on any atom is -0.507 e. The topological polar surface area (TPSA) is 58.9 Å². The Morgan fingerprint density at radius 3 is 2.65 bits per heavy atom. The second kappa shape index (κ2) is 3.83. The molecule has 2 aromatic carbocycles. The Labute approximate surface area is 97.6 Å². The van der Waals surface area contributed by atoms with Gasteiger partial charge in [0.1, 0.15) is 11.4 Å². The highest BCUT2D eigenvalue weighted by atomic mass is 16.3. The average molecular weight is 223 g/mol. The van der Waals surface area contributed by atoms with Gasteiger partial charge in [-0.15, -0.1) is 10.2 Å². The molecule has 0 aliphatic rings. The first kappa shape index (κ1) is 9.72. The van der Waals surface area contributed by atoms with Crippen LogP contribution >= 0.6 is 0 Å². The summed E-state index contributed by atoms with van der Waals surface area (Å²) in [6.07, 6.45) is 1.55. The van der Waals surface area contributed by atoms with Gasteiger partial charge in [0.2, 0.25) is 0 Å². The number of nitrogens with zero attached hydrogens (tertiary/aromatic N) is 3. The monoisotopic (exact) mass is 223 g/mol. The fraction of sp³-hybridized carbons (Fsp3) is 0. The van der Waals surface area contributed by atoms with Crippen molar-refractivity contribution in [3.05, 3.63) is 48.7 Å². The molecule has 0 spiro atoms. The Morgan fingerprint density at radius 1 is 0.941 bits per heavy atom. The molecule has 4 nitrogen and oxygen atoms in total. The van der Waals surface area contributed by atoms with Crippen molar-refractivity contribution in [2.45, 2.75) is 0 Å². The Hall–Kier alpha value is -2.49. The number of benzene rings is 2. The molecule has 1 heterocycles. The Balaban J connectivity index is 2.29. The van der Waals surface area contributed by atoms with Gasteiger partial charge in [-0.1, -0.05) is 30.3 Å². The first-order chi connectivity index (χ1) is 8.36. The van der Waals surface area contributed by atoms with E-state index in [9.17, 15) is 5.11 Å². The molecule has 0 amide bonds. The molecule has 0 unspecified atom stereocenters. The standard InChI is InChI=1S/C13H9N3O/c17-13-10-4-2-1-3-9(10)5-6-11(13)12-7-8-14-16-15-12/h1-8,17H. The van der Waals surface area contributed by atoms with Crippen LogP contribution in [-0.2, 0) is 0 Å². The van der Waals surface area contributed by atoms with Crippen LogP contribution < -0.4 is 0 Å². The fourth-order valence-electron chi connectivity index (χ4n) is 1.85. The van der Waals surface area contributed by atoms with Crippen LogP contribution in [0.3, 0.4) is 0 Å². The number of hydrogen-bond acceptors (Lipinski definition) is 4. The van der Waals surface area contributed by atoms with Crippen molar-refractivity contribution < 1.29 is 5.11 Å². The molecule has 0 saturated heterocycles. The number of aromatic hydroxyl groups is 1. The summed E-state index contributed by atoms with van der Waals surface area (Å²) in [4.78, 5) is 0. The zero-order valence-corrected chi connectivity index (χ0v) is 8.91. The molecular weight excluding hydrogens is 214 g/mol. The molecule has 3 rings (SSSR count). The molecule has 0 radical (unpaired) electrons. The lowest BCUT2D eigenvalue weighted by atomic mass is 10.0. The van der Waals surface area contributed by atoms with E-state index in [0.717, 1.165) is 10.8 Å². The third-order valence-electron chi connectivity index (χ3n) is 2.68. The predicted octanol–water partition coefficient (Wildman–Crippen LogP) is 2.40. The number of phenolic OH excluding ortho intramolecular Hbond substituents is 1. The van der Waals surface area contributed by atoms with Gasteiger partial charge in [0.15, 0.2) is 0 Å². The van der Waals surface area contributed by atoms with E-state index in [1.165, 1.54) is 0 Å². The van der Waals surface area contributed by atoms with E-state index in [2.05, 4.69) is 15.4 Å². The summed E-state index contributed by atoms with van der Waals surface area (Å²) in [5, 5.41) is 23.1. The van der Waals surface area contributed by atoms with Crippen LogP contribution in [0.15, 0.2) is 48.7 Å². The van der Waals surface area contributed by atoms with Crippen LogP contribution in [0.2, 0.25) is 0 Å². The summed E-state index contributed by atoms with van der Waals surface area (Å²) in [6, 6.07) is 13.2. The molecule has 3 aromatic rings. The van der Waals surface area contributed by atoms with Crippen molar-refractivity contribution in [1.82, 2.24) is 15.4 Å². The molecule has 0 saturated carbocycles. The number of hydrogen-bond donors (Lipinski definition) is 1. The van der Waals surface area contributed by atoms with Gasteiger partial charge in [-0.3, -0.25) is 0 Å². The summed E-state index contributed by atoms with van der Waals surface area (Å²) in [5.41, 5.74) is 1.28. The molecule has 1 aromatic heterocycles. The number of aromatic nitrogens is 3. The lowest BCUT2D eigenvalue weighted by molar-refractivity contribution is 0.483. The van der Waals surface area contributed by atoms with E-state index in [1.54, 1.807) is 12.3 Å². The van der Waals surface area contributed by atoms with E-state index < -0.39 is 0 Å². The van der Waals surface area contributed by atoms with Gasteiger partial charge < -0.3 is 5.11 Å². The highest BCUT2D eigenvalue weighted by molar-refractivity contribution is 5.94. The lowest BCUT2D eigenvalue weighted by Gasteiger charge is -2.06. The van der Waals surface area contributed by atoms with E-state index >= 15 is 0 Å². The molecule has 1 N–H and O–H groups in total. The molecule has 0 fully saturated rings. The summed E-state index contributed by atoms with van der Waals surface area (Å²) in [7, 11) is 0. The van der Waals surface area contributed by atoms with Crippen LogP contribution in [0.1, 0.15) is 0 Å². The van der Waals surface area contributed by atoms with Crippen LogP contribution in [0.4, 0.5) is 0 Å². The van der Waals surface area contributed by atoms with E-state index in [4.69, 9.17) is 0 Å². The lowest BCUT2D eigenvalue weighted by Crippen LogP contribution is -1.89. The second-order valence-electron chi connectivity index (χ2n) is 3.69. The number of fused-ring (bicyclic) bond motifs is 1. The summed E-state index contributed by atoms with van der Waals surface area (Å²) >= 11 is 0. The van der Waals surface area contributed by atoms with Crippen molar-refractivity contribution in [3.8, 4) is 17.0 Å². The molecular formula is C13H9N3O. The zero-order chi connectivity index (χ0) is 11.7. The molecule has 0 aliphatic carbocycles. The first-order valence-corrected chi connectivity index (χ1v) is 5.22. The summed E-state index contributed by atoms with van der Waals surface area (Å²) in [5.74, 6) is 0.226. The summed E-state index contributed by atoms with van der Waals surface area (Å²) in [6.45, 7) is 0. The Morgan fingerprint density at radius 2 is 1.82 bits per heavy atom. The van der Waals surface area contributed by atoms with Crippen molar-refractivity contribution in [2.24, 2.45) is 0 Å². The number of phenols is 1. The zero-order valence-electron chi connectivity index (χ0n) is 8.91. The SMILES string of the molecule is Oc1c(-c2ccnnn2)ccc2ccccc12. The van der Waals surface area contributed by atoms with Gasteiger partial charge in [-0.25, -0.2) is 0 Å². The van der Waals surface area contributed by atoms with Crippen LogP contribution in [0.25, 0.3) is 22.0 Å². The smallest absolute Gasteiger partial charge is 0.132 e. The Bertz CT molecular complexity index is 668. The Kier molecular flexibility index (Phi) is 2.19. The van der Waals surface area contributed by atoms with E-state index in [1.807, 2.05) is 36.4 Å². The minimum atomic E-state index is 0.226. The van der Waals surface area contributed by atoms with Gasteiger partial charge in [0.05, 0.1) is 6.20 Å². The summed E-state index contributed by atoms with van der Waals surface area (Å²) < 4.78 is 0. The van der Waals surface area contributed by atoms with Crippen LogP contribution in [-0.4, -0.2) is 20.5 Å². The third-order valence-corrected chi connectivity index (χ3v) is 2.68. The van der Waals surface area contributed by atoms with Gasteiger partial charge in [0.25, 0.3) is 0 Å². The number of rotatable bonds is 1. The van der Waals surface area contributed by atoms with Gasteiger partial charge >= 0.3 is 0 Å². The normalized spacial score (nSPS) is 10.6. The van der Waals surface area contributed by atoms with Crippen LogP contribution in [0, 0.1) is 0 Å². The molecule has 17 heavy (non-hydrogen) atoms. The predicted molar refractivity (Wildman–Crippen MR) is 64.4 cm³/mol. The third kappa shape index (κ3) is 1.59. The van der Waals surface area contributed by atoms with Gasteiger partial charge in [0, 0.05) is 10.9 Å². The van der Waals surface area contributed by atoms with E-state index in [-0.39, 0.29) is 5.75 Å². The highest BCUT2D eigenvalue weighted by Crippen LogP contribution is 2.34. The molecule has 0 atom stereocenters. The van der Waals surface area contributed by atoms with Crippen molar-refractivity contribution >= 4 is 10.8 Å². The maximum Gasteiger partial charge on any atom is 0.132 e. The second-order valence-corrected chi connectivity index (χ2v) is 3.69. The largest absolute Gasteiger partial charge is 0.507 e. The van der Waals surface area contributed by atoms with Crippen molar-refractivity contribution in [1.29, 1.82) is 0 Å². The minimum absolute atomic E-state index is 0.226. The fourth-order valence-corrected chi connectivity index (χ4v) is 1.85. The van der Waals surface area contributed by atoms with Gasteiger partial charge in [-0.05, 0) is 22.7 Å². The average Bonchev–Trinajstić information content (AvgIpc) is 2.40. The van der Waals surface area contributed by atoms with Gasteiger partial charge in [-0.2, -0.15) is 0 Å². The maximum atomic E-state index is 10.2. The maximum absolute atomic E-state index is 10.2. The van der Waals surface area contributed by atoms with E-state index in [0.29, 0.717) is 11.3 Å². The molecule has 0 aliphatic heterocycles. The van der Waals surface area contributed by atoms with Crippen molar-refractivity contribution in [3.63, 3.8) is 0 Å². The quantitative estimate of drug-likeness (QED) is 0.688. The molecule has 82 valence electrons. The van der Waals surface area contributed by atoms with Crippen LogP contribution in [0.5, 0.6) is 5.75 Å². The molecule has 0 bridgehead atoms. The first-order valence-electron chi connectivity index (χ1n) is 5.22. The highest BCUT2D eigenvalue weighted by Gasteiger charge is 2.09.